The molecular formula is C21H16F3NO3. The molecule has 0 fully saturated rings. The van der Waals surface area contributed by atoms with Crippen molar-refractivity contribution in [2.24, 2.45) is 0 Å². The Labute approximate surface area is 160 Å². The highest BCUT2D eigenvalue weighted by Crippen LogP contribution is 2.37. The van der Waals surface area contributed by atoms with Gasteiger partial charge in [-0.1, -0.05) is 36.3 Å². The molecule has 0 amide bonds. The Hall–Kier alpha value is -3.58. The van der Waals surface area contributed by atoms with Crippen LogP contribution in [-0.4, -0.2) is 31.9 Å². The molecule has 0 spiro atoms. The lowest BCUT2D eigenvalue weighted by atomic mass is 9.98. The molecule has 2 aromatic carbocycles. The Balaban J connectivity index is 2.52. The summed E-state index contributed by atoms with van der Waals surface area (Å²) >= 11 is 0. The fourth-order valence-corrected chi connectivity index (χ4v) is 2.24. The van der Waals surface area contributed by atoms with Gasteiger partial charge in [0.1, 0.15) is 5.75 Å². The van der Waals surface area contributed by atoms with Gasteiger partial charge in [-0.2, -0.15) is 13.2 Å². The lowest BCUT2D eigenvalue weighted by Crippen LogP contribution is -2.57. The number of carbonyl (C=O) groups is 1. The van der Waals surface area contributed by atoms with Gasteiger partial charge in [0.2, 0.25) is 0 Å². The second-order valence-electron chi connectivity index (χ2n) is 5.43. The van der Waals surface area contributed by atoms with Gasteiger partial charge in [0.05, 0.1) is 19.9 Å². The summed E-state index contributed by atoms with van der Waals surface area (Å²) in [5.41, 5.74) is -2.81. The molecule has 0 bridgehead atoms. The third-order valence-electron chi connectivity index (χ3n) is 3.64. The van der Waals surface area contributed by atoms with E-state index in [1.165, 1.54) is 25.3 Å². The third kappa shape index (κ3) is 4.57. The molecule has 0 aliphatic carbocycles. The van der Waals surface area contributed by atoms with Crippen molar-refractivity contribution < 1.29 is 27.4 Å². The summed E-state index contributed by atoms with van der Waals surface area (Å²) in [4.78, 5) is 12.2. The van der Waals surface area contributed by atoms with Crippen molar-refractivity contribution >= 4 is 11.7 Å². The number of carbonyl (C=O) groups excluding carboxylic acids is 1. The van der Waals surface area contributed by atoms with Crippen LogP contribution in [0.5, 0.6) is 5.75 Å². The Morgan fingerprint density at radius 2 is 1.61 bits per heavy atom. The number of methoxy groups -OCH3 is 2. The average Bonchev–Trinajstić information content (AvgIpc) is 2.69. The van der Waals surface area contributed by atoms with Crippen molar-refractivity contribution in [1.29, 1.82) is 0 Å². The lowest BCUT2D eigenvalue weighted by Gasteiger charge is -2.30. The second-order valence-corrected chi connectivity index (χ2v) is 5.43. The van der Waals surface area contributed by atoms with Crippen molar-refractivity contribution in [3.63, 3.8) is 0 Å². The highest BCUT2D eigenvalue weighted by atomic mass is 19.4. The number of para-hydroxylation sites is 2. The van der Waals surface area contributed by atoms with E-state index in [0.717, 1.165) is 7.11 Å². The summed E-state index contributed by atoms with van der Waals surface area (Å²) in [7, 11) is 2.15. The van der Waals surface area contributed by atoms with Crippen molar-refractivity contribution in [3.05, 3.63) is 60.2 Å². The molecule has 0 saturated carbocycles. The molecule has 0 saturated heterocycles. The largest absolute Gasteiger partial charge is 0.495 e. The molecule has 0 aromatic heterocycles. The lowest BCUT2D eigenvalue weighted by molar-refractivity contribution is -0.187. The van der Waals surface area contributed by atoms with E-state index in [2.05, 4.69) is 27.8 Å². The van der Waals surface area contributed by atoms with Crippen LogP contribution >= 0.6 is 0 Å². The van der Waals surface area contributed by atoms with Gasteiger partial charge >= 0.3 is 12.1 Å². The van der Waals surface area contributed by atoms with Crippen LogP contribution in [0.15, 0.2) is 54.6 Å². The number of ether oxygens (including phenoxy) is 2. The zero-order chi connectivity index (χ0) is 20.6. The number of benzene rings is 2. The zero-order valence-corrected chi connectivity index (χ0v) is 15.1. The van der Waals surface area contributed by atoms with Gasteiger partial charge in [-0.3, -0.25) is 0 Å². The SMILES string of the molecule is COC(=O)C(C#CC#Cc1ccccc1)(Nc1ccccc1OC)C(F)(F)F. The van der Waals surface area contributed by atoms with E-state index in [4.69, 9.17) is 4.74 Å². The highest BCUT2D eigenvalue weighted by Gasteiger charge is 2.61. The van der Waals surface area contributed by atoms with Gasteiger partial charge in [-0.05, 0) is 42.0 Å². The summed E-state index contributed by atoms with van der Waals surface area (Å²) in [6.45, 7) is 0. The predicted octanol–water partition coefficient (Wildman–Crippen LogP) is 3.64. The first-order chi connectivity index (χ1) is 13.3. The molecule has 0 heterocycles. The minimum atomic E-state index is -5.09. The van der Waals surface area contributed by atoms with Gasteiger partial charge in [0.25, 0.3) is 5.54 Å². The normalized spacial score (nSPS) is 12.3. The molecule has 0 radical (unpaired) electrons. The van der Waals surface area contributed by atoms with E-state index < -0.39 is 17.7 Å². The third-order valence-corrected chi connectivity index (χ3v) is 3.64. The van der Waals surface area contributed by atoms with E-state index in [9.17, 15) is 18.0 Å². The Morgan fingerprint density at radius 3 is 2.21 bits per heavy atom. The number of anilines is 1. The van der Waals surface area contributed by atoms with Gasteiger partial charge < -0.3 is 14.8 Å². The van der Waals surface area contributed by atoms with E-state index in [0.29, 0.717) is 5.56 Å². The van der Waals surface area contributed by atoms with E-state index in [-0.39, 0.29) is 11.4 Å². The number of nitrogens with one attached hydrogen (secondary N) is 1. The van der Waals surface area contributed by atoms with Crippen molar-refractivity contribution in [2.45, 2.75) is 11.7 Å². The summed E-state index contributed by atoms with van der Waals surface area (Å²) in [5, 5.41) is 2.14. The maximum Gasteiger partial charge on any atom is 0.434 e. The van der Waals surface area contributed by atoms with Crippen molar-refractivity contribution in [1.82, 2.24) is 0 Å². The van der Waals surface area contributed by atoms with E-state index in [1.807, 2.05) is 5.92 Å². The summed E-state index contributed by atoms with van der Waals surface area (Å²) in [6, 6.07) is 14.5. The fraction of sp³-hybridized carbons (Fsp3) is 0.190. The molecule has 2 rings (SSSR count). The Bertz CT molecular complexity index is 950. The summed E-state index contributed by atoms with van der Waals surface area (Å²) in [6.07, 6.45) is -5.09. The number of alkyl halides is 3. The number of halogens is 3. The average molecular weight is 387 g/mol. The first-order valence-electron chi connectivity index (χ1n) is 7.98. The van der Waals surface area contributed by atoms with Crippen LogP contribution < -0.4 is 10.1 Å². The molecule has 4 nitrogen and oxygen atoms in total. The molecule has 0 aliphatic rings. The second kappa shape index (κ2) is 8.88. The quantitative estimate of drug-likeness (QED) is 0.643. The van der Waals surface area contributed by atoms with Crippen molar-refractivity contribution in [3.8, 4) is 29.4 Å². The van der Waals surface area contributed by atoms with E-state index >= 15 is 0 Å². The molecule has 144 valence electrons. The maximum atomic E-state index is 13.9. The van der Waals surface area contributed by atoms with Crippen LogP contribution in [0.2, 0.25) is 0 Å². The summed E-state index contributed by atoms with van der Waals surface area (Å²) < 4.78 is 51.2. The molecule has 0 aliphatic heterocycles. The Morgan fingerprint density at radius 1 is 0.964 bits per heavy atom. The van der Waals surface area contributed by atoms with E-state index in [1.54, 1.807) is 36.4 Å². The minimum Gasteiger partial charge on any atom is -0.495 e. The standard InChI is InChI=1S/C21H16F3NO3/c1-27-18-14-7-6-13-17(18)25-20(19(26)28-2,21(22,23)24)15-9-8-12-16-10-4-3-5-11-16/h3-7,10-11,13-14,25H,1-2H3. The first-order valence-corrected chi connectivity index (χ1v) is 7.98. The van der Waals surface area contributed by atoms with Crippen LogP contribution in [0.3, 0.4) is 0 Å². The first kappa shape index (κ1) is 20.7. The molecule has 1 unspecified atom stereocenters. The molecule has 28 heavy (non-hydrogen) atoms. The van der Waals surface area contributed by atoms with Crippen molar-refractivity contribution in [2.75, 3.05) is 19.5 Å². The number of esters is 1. The predicted molar refractivity (Wildman–Crippen MR) is 98.5 cm³/mol. The Kier molecular flexibility index (Phi) is 6.57. The van der Waals surface area contributed by atoms with Crippen LogP contribution in [0.25, 0.3) is 0 Å². The molecule has 7 heteroatoms. The minimum absolute atomic E-state index is 0.0713. The maximum absolute atomic E-state index is 13.9. The molecular weight excluding hydrogens is 371 g/mol. The van der Waals surface area contributed by atoms with Gasteiger partial charge in [-0.15, -0.1) is 0 Å². The smallest absolute Gasteiger partial charge is 0.434 e. The summed E-state index contributed by atoms with van der Waals surface area (Å²) in [5.74, 6) is 7.47. The van der Waals surface area contributed by atoms with Crippen LogP contribution in [-0.2, 0) is 9.53 Å². The van der Waals surface area contributed by atoms with Crippen LogP contribution in [0.1, 0.15) is 5.56 Å². The zero-order valence-electron chi connectivity index (χ0n) is 15.1. The fourth-order valence-electron chi connectivity index (χ4n) is 2.24. The topological polar surface area (TPSA) is 47.6 Å². The number of rotatable bonds is 4. The number of hydrogen-bond acceptors (Lipinski definition) is 4. The molecule has 2 aromatic rings. The van der Waals surface area contributed by atoms with Crippen LogP contribution in [0, 0.1) is 23.7 Å². The highest BCUT2D eigenvalue weighted by molar-refractivity contribution is 5.91. The van der Waals surface area contributed by atoms with Crippen LogP contribution in [0.4, 0.5) is 18.9 Å². The number of hydrogen-bond donors (Lipinski definition) is 1. The van der Waals surface area contributed by atoms with Gasteiger partial charge in [-0.25, -0.2) is 4.79 Å². The molecule has 1 N–H and O–H groups in total. The monoisotopic (exact) mass is 387 g/mol. The van der Waals surface area contributed by atoms with Gasteiger partial charge in [0, 0.05) is 5.56 Å². The molecule has 1 atom stereocenters. The van der Waals surface area contributed by atoms with Gasteiger partial charge in [0.15, 0.2) is 0 Å².